The maximum Gasteiger partial charge on any atom is 0.0892 e. The first-order valence-corrected chi connectivity index (χ1v) is 18.7. The third-order valence-corrected chi connectivity index (χ3v) is 10.5. The van der Waals surface area contributed by atoms with Gasteiger partial charge < -0.3 is 9.13 Å². The van der Waals surface area contributed by atoms with Crippen LogP contribution in [0.5, 0.6) is 0 Å². The number of hydrogen-bond donors (Lipinski definition) is 0. The monoisotopic (exact) mass is 654 g/mol. The number of pyridine rings is 2. The SMILES string of the molecule is CCCCCCn1c2ccccc2c2ccc(-c3ccnc(-c4cc(-c5ccc6c7ccccc7n(CCCCCC)c6c5)ccn4)c3)cc21. The molecule has 0 bridgehead atoms. The number of rotatable bonds is 13. The number of para-hydroxylation sites is 2. The molecule has 8 aromatic rings. The van der Waals surface area contributed by atoms with Crippen LogP contribution in [-0.2, 0) is 13.1 Å². The van der Waals surface area contributed by atoms with E-state index in [0.717, 1.165) is 35.6 Å². The highest BCUT2D eigenvalue weighted by Crippen LogP contribution is 2.36. The minimum atomic E-state index is 0.885. The van der Waals surface area contributed by atoms with E-state index in [1.807, 2.05) is 12.4 Å². The lowest BCUT2D eigenvalue weighted by Crippen LogP contribution is -1.98. The van der Waals surface area contributed by atoms with Crippen LogP contribution in [0.3, 0.4) is 0 Å². The quantitative estimate of drug-likeness (QED) is 0.116. The lowest BCUT2D eigenvalue weighted by Gasteiger charge is -2.10. The van der Waals surface area contributed by atoms with Crippen LogP contribution in [0, 0.1) is 0 Å². The van der Waals surface area contributed by atoms with Crippen LogP contribution in [-0.4, -0.2) is 19.1 Å². The van der Waals surface area contributed by atoms with Crippen molar-refractivity contribution in [3.05, 3.63) is 122 Å². The molecule has 0 aliphatic rings. The molecule has 0 aliphatic carbocycles. The Morgan fingerprint density at radius 2 is 0.820 bits per heavy atom. The zero-order valence-corrected chi connectivity index (χ0v) is 29.4. The second-order valence-corrected chi connectivity index (χ2v) is 13.8. The Kier molecular flexibility index (Phi) is 9.17. The Morgan fingerprint density at radius 1 is 0.400 bits per heavy atom. The molecule has 0 unspecified atom stereocenters. The van der Waals surface area contributed by atoms with Gasteiger partial charge in [0.2, 0.25) is 0 Å². The molecule has 0 spiro atoms. The molecule has 0 saturated carbocycles. The van der Waals surface area contributed by atoms with Gasteiger partial charge in [-0.2, -0.15) is 0 Å². The molecule has 4 aromatic carbocycles. The molecule has 0 fully saturated rings. The summed E-state index contributed by atoms with van der Waals surface area (Å²) in [6.07, 6.45) is 13.8. The Hall–Kier alpha value is -5.22. The summed E-state index contributed by atoms with van der Waals surface area (Å²) in [5, 5.41) is 5.30. The second kappa shape index (κ2) is 14.3. The fourth-order valence-corrected chi connectivity index (χ4v) is 7.83. The predicted molar refractivity (Wildman–Crippen MR) is 213 cm³/mol. The van der Waals surface area contributed by atoms with Gasteiger partial charge in [-0.05, 0) is 83.6 Å². The lowest BCUT2D eigenvalue weighted by molar-refractivity contribution is 0.602. The molecular formula is C46H46N4. The minimum absolute atomic E-state index is 0.885. The molecule has 0 atom stereocenters. The molecule has 4 nitrogen and oxygen atoms in total. The van der Waals surface area contributed by atoms with Gasteiger partial charge in [-0.1, -0.05) is 113 Å². The van der Waals surface area contributed by atoms with Gasteiger partial charge in [0.05, 0.1) is 11.4 Å². The average Bonchev–Trinajstić information content (AvgIpc) is 3.66. The van der Waals surface area contributed by atoms with Crippen molar-refractivity contribution >= 4 is 43.6 Å². The van der Waals surface area contributed by atoms with Crippen LogP contribution in [0.15, 0.2) is 122 Å². The summed E-state index contributed by atoms with van der Waals surface area (Å²) in [6.45, 7) is 6.63. The molecule has 0 radical (unpaired) electrons. The molecule has 0 aliphatic heterocycles. The average molecular weight is 655 g/mol. The second-order valence-electron chi connectivity index (χ2n) is 13.8. The van der Waals surface area contributed by atoms with Gasteiger partial charge in [0.15, 0.2) is 0 Å². The summed E-state index contributed by atoms with van der Waals surface area (Å²) in [6, 6.07) is 40.2. The van der Waals surface area contributed by atoms with Gasteiger partial charge in [0.25, 0.3) is 0 Å². The smallest absolute Gasteiger partial charge is 0.0892 e. The van der Waals surface area contributed by atoms with E-state index in [-0.39, 0.29) is 0 Å². The Bertz CT molecular complexity index is 2260. The maximum atomic E-state index is 4.81. The molecule has 250 valence electrons. The molecule has 8 rings (SSSR count). The first kappa shape index (κ1) is 32.0. The minimum Gasteiger partial charge on any atom is -0.340 e. The highest BCUT2D eigenvalue weighted by Gasteiger charge is 2.14. The molecular weight excluding hydrogens is 609 g/mol. The van der Waals surface area contributed by atoms with Crippen LogP contribution in [0.4, 0.5) is 0 Å². The summed E-state index contributed by atoms with van der Waals surface area (Å²) in [5.74, 6) is 0. The van der Waals surface area contributed by atoms with Gasteiger partial charge in [-0.25, -0.2) is 0 Å². The van der Waals surface area contributed by atoms with Crippen molar-refractivity contribution in [3.63, 3.8) is 0 Å². The largest absolute Gasteiger partial charge is 0.340 e. The Balaban J connectivity index is 1.13. The number of fused-ring (bicyclic) bond motifs is 6. The van der Waals surface area contributed by atoms with E-state index in [0.29, 0.717) is 0 Å². The number of benzene rings is 4. The van der Waals surface area contributed by atoms with Crippen LogP contribution in [0.1, 0.15) is 65.2 Å². The zero-order valence-electron chi connectivity index (χ0n) is 29.4. The number of hydrogen-bond acceptors (Lipinski definition) is 2. The molecule has 50 heavy (non-hydrogen) atoms. The molecule has 4 aromatic heterocycles. The van der Waals surface area contributed by atoms with Gasteiger partial charge >= 0.3 is 0 Å². The summed E-state index contributed by atoms with van der Waals surface area (Å²) >= 11 is 0. The van der Waals surface area contributed by atoms with Gasteiger partial charge in [-0.15, -0.1) is 0 Å². The number of nitrogens with zero attached hydrogens (tertiary/aromatic N) is 4. The highest BCUT2D eigenvalue weighted by atomic mass is 15.0. The van der Waals surface area contributed by atoms with Crippen LogP contribution in [0.25, 0.3) is 77.3 Å². The van der Waals surface area contributed by atoms with E-state index in [9.17, 15) is 0 Å². The van der Waals surface area contributed by atoms with E-state index in [1.54, 1.807) is 0 Å². The first-order valence-electron chi connectivity index (χ1n) is 18.7. The topological polar surface area (TPSA) is 35.6 Å². The van der Waals surface area contributed by atoms with Crippen molar-refractivity contribution in [1.29, 1.82) is 0 Å². The highest BCUT2D eigenvalue weighted by molar-refractivity contribution is 6.10. The van der Waals surface area contributed by atoms with Crippen LogP contribution in [0.2, 0.25) is 0 Å². The standard InChI is InChI=1S/C46H46N4/c1-3-5-7-13-27-49-43-17-11-9-15-37(43)39-21-19-33(31-45(39)49)35-23-25-47-41(29-35)42-30-36(24-26-48-42)34-20-22-40-38-16-10-12-18-44(38)50(46(40)32-34)28-14-8-6-4-2/h9-12,15-26,29-32H,3-8,13-14,27-28H2,1-2H3. The fraction of sp³-hybridized carbons (Fsp3) is 0.261. The lowest BCUT2D eigenvalue weighted by atomic mass is 10.0. The predicted octanol–water partition coefficient (Wildman–Crippen LogP) is 12.9. The summed E-state index contributed by atoms with van der Waals surface area (Å²) in [7, 11) is 0. The van der Waals surface area contributed by atoms with Crippen molar-refractivity contribution in [3.8, 4) is 33.6 Å². The van der Waals surface area contributed by atoms with Crippen molar-refractivity contribution in [1.82, 2.24) is 19.1 Å². The fourth-order valence-electron chi connectivity index (χ4n) is 7.83. The maximum absolute atomic E-state index is 4.81. The van der Waals surface area contributed by atoms with Gasteiger partial charge in [-0.3, -0.25) is 9.97 Å². The van der Waals surface area contributed by atoms with Crippen molar-refractivity contribution in [2.45, 2.75) is 78.3 Å². The van der Waals surface area contributed by atoms with Crippen molar-refractivity contribution in [2.75, 3.05) is 0 Å². The Labute approximate surface area is 295 Å². The zero-order chi connectivity index (χ0) is 33.9. The van der Waals surface area contributed by atoms with Gasteiger partial charge in [0.1, 0.15) is 0 Å². The first-order chi connectivity index (χ1) is 24.7. The number of aromatic nitrogens is 4. The van der Waals surface area contributed by atoms with E-state index >= 15 is 0 Å². The third-order valence-electron chi connectivity index (χ3n) is 10.5. The van der Waals surface area contributed by atoms with Crippen LogP contribution < -0.4 is 0 Å². The number of unbranched alkanes of at least 4 members (excludes halogenated alkanes) is 6. The Morgan fingerprint density at radius 3 is 1.28 bits per heavy atom. The summed E-state index contributed by atoms with van der Waals surface area (Å²) < 4.78 is 5.05. The number of aryl methyl sites for hydroxylation is 2. The van der Waals surface area contributed by atoms with Crippen molar-refractivity contribution in [2.24, 2.45) is 0 Å². The molecule has 4 heteroatoms. The van der Waals surface area contributed by atoms with E-state index < -0.39 is 0 Å². The van der Waals surface area contributed by atoms with E-state index in [4.69, 9.17) is 9.97 Å². The van der Waals surface area contributed by atoms with E-state index in [2.05, 4.69) is 132 Å². The molecule has 0 amide bonds. The van der Waals surface area contributed by atoms with Crippen molar-refractivity contribution < 1.29 is 0 Å². The molecule has 4 heterocycles. The summed E-state index contributed by atoms with van der Waals surface area (Å²) in [4.78, 5) is 9.62. The van der Waals surface area contributed by atoms with E-state index in [1.165, 1.54) is 106 Å². The molecule has 0 saturated heterocycles. The van der Waals surface area contributed by atoms with Crippen LogP contribution >= 0.6 is 0 Å². The van der Waals surface area contributed by atoms with Gasteiger partial charge in [0, 0.05) is 69.1 Å². The molecule has 0 N–H and O–H groups in total. The summed E-state index contributed by atoms with van der Waals surface area (Å²) in [5.41, 5.74) is 11.7. The normalized spacial score (nSPS) is 11.8. The third kappa shape index (κ3) is 6.08.